The van der Waals surface area contributed by atoms with Crippen LogP contribution in [-0.2, 0) is 13.1 Å². The maximum absolute atomic E-state index is 8.36. The van der Waals surface area contributed by atoms with Gasteiger partial charge in [0.1, 0.15) is 18.9 Å². The van der Waals surface area contributed by atoms with E-state index in [1.54, 1.807) is 0 Å². The number of nitrogens with zero attached hydrogens (tertiary/aromatic N) is 3. The topological polar surface area (TPSA) is 32.6 Å². The Hall–Kier alpha value is -1.56. The summed E-state index contributed by atoms with van der Waals surface area (Å²) >= 11 is 0. The van der Waals surface area contributed by atoms with Gasteiger partial charge < -0.3 is 0 Å². The predicted molar refractivity (Wildman–Crippen MR) is 49.7 cm³/mol. The van der Waals surface area contributed by atoms with Crippen LogP contribution in [0.3, 0.4) is 0 Å². The van der Waals surface area contributed by atoms with E-state index in [1.807, 2.05) is 24.8 Å². The first-order valence-electron chi connectivity index (χ1n) is 4.39. The fraction of sp³-hybridized carbons (Fsp3) is 0.400. The van der Waals surface area contributed by atoms with E-state index < -0.39 is 0 Å². The van der Waals surface area contributed by atoms with Gasteiger partial charge in [0.15, 0.2) is 0 Å². The minimum atomic E-state index is 0.625. The molecule has 0 saturated heterocycles. The summed E-state index contributed by atoms with van der Waals surface area (Å²) in [4.78, 5) is 0. The standard InChI is InChI=1S/C10H14N3/c1-2-6-12-8-9-13(10-12)7-4-3-5-11/h2,8-10H,1,3-4,6-7H2/q+1. The van der Waals surface area contributed by atoms with E-state index in [0.29, 0.717) is 6.42 Å². The Kier molecular flexibility index (Phi) is 3.77. The van der Waals surface area contributed by atoms with Crippen molar-refractivity contribution in [2.75, 3.05) is 0 Å². The van der Waals surface area contributed by atoms with Gasteiger partial charge in [0.05, 0.1) is 12.6 Å². The molecule has 0 spiro atoms. The Morgan fingerprint density at radius 3 is 3.15 bits per heavy atom. The Labute approximate surface area is 78.5 Å². The molecular weight excluding hydrogens is 162 g/mol. The van der Waals surface area contributed by atoms with Crippen molar-refractivity contribution in [2.24, 2.45) is 0 Å². The number of hydrogen-bond donors (Lipinski definition) is 0. The summed E-state index contributed by atoms with van der Waals surface area (Å²) in [6.45, 7) is 5.42. The van der Waals surface area contributed by atoms with Crippen LogP contribution in [0.5, 0.6) is 0 Å². The van der Waals surface area contributed by atoms with Crippen molar-refractivity contribution in [1.29, 1.82) is 5.26 Å². The lowest BCUT2D eigenvalue weighted by Gasteiger charge is -1.90. The van der Waals surface area contributed by atoms with Crippen LogP contribution in [0.2, 0.25) is 0 Å². The second kappa shape index (κ2) is 5.15. The van der Waals surface area contributed by atoms with Gasteiger partial charge in [-0.2, -0.15) is 5.26 Å². The number of nitriles is 1. The average molecular weight is 176 g/mol. The normalized spacial score (nSPS) is 9.46. The zero-order valence-corrected chi connectivity index (χ0v) is 7.69. The third-order valence-electron chi connectivity index (χ3n) is 1.79. The van der Waals surface area contributed by atoms with Gasteiger partial charge in [-0.25, -0.2) is 9.13 Å². The van der Waals surface area contributed by atoms with Crippen molar-refractivity contribution >= 4 is 0 Å². The number of allylic oxidation sites excluding steroid dienone is 1. The molecule has 1 heterocycles. The molecule has 3 nitrogen and oxygen atoms in total. The van der Waals surface area contributed by atoms with Crippen LogP contribution in [0.25, 0.3) is 0 Å². The first-order valence-corrected chi connectivity index (χ1v) is 4.39. The number of aryl methyl sites for hydroxylation is 1. The SMILES string of the molecule is C=CC[n+]1ccn(CCCC#N)c1. The maximum Gasteiger partial charge on any atom is 0.244 e. The third-order valence-corrected chi connectivity index (χ3v) is 1.79. The molecule has 0 aliphatic carbocycles. The molecule has 13 heavy (non-hydrogen) atoms. The number of aromatic nitrogens is 2. The van der Waals surface area contributed by atoms with Crippen LogP contribution in [0, 0.1) is 11.3 Å². The summed E-state index contributed by atoms with van der Waals surface area (Å²) < 4.78 is 4.14. The number of unbranched alkanes of at least 4 members (excludes halogenated alkanes) is 1. The van der Waals surface area contributed by atoms with Gasteiger partial charge >= 0.3 is 0 Å². The Bertz CT molecular complexity index is 306. The number of imidazole rings is 1. The highest BCUT2D eigenvalue weighted by Crippen LogP contribution is 1.92. The van der Waals surface area contributed by atoms with Crippen molar-refractivity contribution in [3.8, 4) is 6.07 Å². The van der Waals surface area contributed by atoms with E-state index in [0.717, 1.165) is 19.5 Å². The van der Waals surface area contributed by atoms with E-state index in [-0.39, 0.29) is 0 Å². The molecule has 0 bridgehead atoms. The zero-order valence-electron chi connectivity index (χ0n) is 7.69. The smallest absolute Gasteiger partial charge is 0.237 e. The molecule has 1 rings (SSSR count). The number of rotatable bonds is 5. The van der Waals surface area contributed by atoms with Gasteiger partial charge in [0.2, 0.25) is 6.33 Å². The van der Waals surface area contributed by atoms with Crippen molar-refractivity contribution in [3.05, 3.63) is 31.4 Å². The van der Waals surface area contributed by atoms with Gasteiger partial charge in [-0.3, -0.25) is 0 Å². The predicted octanol–water partition coefficient (Wildman–Crippen LogP) is 1.27. The Morgan fingerprint density at radius 2 is 2.46 bits per heavy atom. The average Bonchev–Trinajstić information content (AvgIpc) is 2.54. The zero-order chi connectivity index (χ0) is 9.52. The van der Waals surface area contributed by atoms with Crippen molar-refractivity contribution in [3.63, 3.8) is 0 Å². The first kappa shape index (κ1) is 9.53. The van der Waals surface area contributed by atoms with Crippen LogP contribution >= 0.6 is 0 Å². The van der Waals surface area contributed by atoms with Crippen LogP contribution in [0.4, 0.5) is 0 Å². The monoisotopic (exact) mass is 176 g/mol. The first-order chi connectivity index (χ1) is 6.36. The van der Waals surface area contributed by atoms with Gasteiger partial charge in [-0.15, -0.1) is 0 Å². The fourth-order valence-corrected chi connectivity index (χ4v) is 1.17. The minimum Gasteiger partial charge on any atom is -0.237 e. The van der Waals surface area contributed by atoms with E-state index in [2.05, 4.69) is 21.8 Å². The second-order valence-corrected chi connectivity index (χ2v) is 2.90. The lowest BCUT2D eigenvalue weighted by molar-refractivity contribution is -0.686. The highest BCUT2D eigenvalue weighted by molar-refractivity contribution is 4.72. The molecule has 1 aromatic rings. The van der Waals surface area contributed by atoms with Crippen LogP contribution in [-0.4, -0.2) is 4.57 Å². The minimum absolute atomic E-state index is 0.625. The summed E-state index contributed by atoms with van der Waals surface area (Å²) in [5.41, 5.74) is 0. The molecule has 0 N–H and O–H groups in total. The van der Waals surface area contributed by atoms with Crippen molar-refractivity contribution in [1.82, 2.24) is 4.57 Å². The molecule has 1 aromatic heterocycles. The molecule has 0 fully saturated rings. The molecule has 68 valence electrons. The van der Waals surface area contributed by atoms with E-state index >= 15 is 0 Å². The van der Waals surface area contributed by atoms with Gasteiger partial charge in [-0.05, 0) is 6.42 Å². The number of hydrogen-bond acceptors (Lipinski definition) is 1. The Balaban J connectivity index is 2.40. The summed E-state index contributed by atoms with van der Waals surface area (Å²) in [5, 5.41) is 8.36. The van der Waals surface area contributed by atoms with E-state index in [9.17, 15) is 0 Å². The summed E-state index contributed by atoms with van der Waals surface area (Å²) in [7, 11) is 0. The van der Waals surface area contributed by atoms with Gasteiger partial charge in [0, 0.05) is 6.42 Å². The quantitative estimate of drug-likeness (QED) is 0.378. The molecule has 0 saturated carbocycles. The molecular formula is C10H14N3+. The van der Waals surface area contributed by atoms with Crippen LogP contribution in [0.1, 0.15) is 12.8 Å². The molecule has 0 amide bonds. The molecule has 0 radical (unpaired) electrons. The maximum atomic E-state index is 8.36. The summed E-state index contributed by atoms with van der Waals surface area (Å²) in [6.07, 6.45) is 9.45. The molecule has 0 aliphatic heterocycles. The van der Waals surface area contributed by atoms with Crippen LogP contribution < -0.4 is 4.57 Å². The molecule has 0 aliphatic rings. The molecule has 0 aromatic carbocycles. The van der Waals surface area contributed by atoms with E-state index in [1.165, 1.54) is 0 Å². The lowest BCUT2D eigenvalue weighted by atomic mass is 10.3. The molecule has 3 heteroatoms. The second-order valence-electron chi connectivity index (χ2n) is 2.90. The molecule has 0 atom stereocenters. The largest absolute Gasteiger partial charge is 0.244 e. The third kappa shape index (κ3) is 3.12. The Morgan fingerprint density at radius 1 is 1.62 bits per heavy atom. The van der Waals surface area contributed by atoms with Crippen LogP contribution in [0.15, 0.2) is 31.4 Å². The molecule has 0 unspecified atom stereocenters. The van der Waals surface area contributed by atoms with Crippen molar-refractivity contribution in [2.45, 2.75) is 25.9 Å². The van der Waals surface area contributed by atoms with Crippen molar-refractivity contribution < 1.29 is 4.57 Å². The van der Waals surface area contributed by atoms with Gasteiger partial charge in [0.25, 0.3) is 0 Å². The fourth-order valence-electron chi connectivity index (χ4n) is 1.17. The van der Waals surface area contributed by atoms with E-state index in [4.69, 9.17) is 5.26 Å². The summed E-state index contributed by atoms with van der Waals surface area (Å²) in [6, 6.07) is 2.13. The highest BCUT2D eigenvalue weighted by Gasteiger charge is 2.00. The summed E-state index contributed by atoms with van der Waals surface area (Å²) in [5.74, 6) is 0. The lowest BCUT2D eigenvalue weighted by Crippen LogP contribution is -2.29. The highest BCUT2D eigenvalue weighted by atomic mass is 15.1. The van der Waals surface area contributed by atoms with Gasteiger partial charge in [-0.1, -0.05) is 12.7 Å².